The molecule has 0 amide bonds. The molecule has 0 aliphatic heterocycles. The highest BCUT2D eigenvalue weighted by Crippen LogP contribution is 2.35. The first-order valence-electron chi connectivity index (χ1n) is 9.22. The molecule has 0 aromatic carbocycles. The largest absolute Gasteiger partial charge is 0.325 e. The normalized spacial score (nSPS) is 11.7. The summed E-state index contributed by atoms with van der Waals surface area (Å²) in [7, 11) is -3.76. The van der Waals surface area contributed by atoms with Gasteiger partial charge >= 0.3 is 7.60 Å². The maximum Gasteiger partial charge on any atom is 0.325 e. The molecular formula is C18H37O3P. The van der Waals surface area contributed by atoms with Crippen LogP contribution in [0.4, 0.5) is 0 Å². The van der Waals surface area contributed by atoms with Crippen LogP contribution in [-0.2, 0) is 4.57 Å². The summed E-state index contributed by atoms with van der Waals surface area (Å²) in [6.45, 7) is 3.74. The topological polar surface area (TPSA) is 57.5 Å². The molecule has 4 heteroatoms. The van der Waals surface area contributed by atoms with Gasteiger partial charge in [-0.1, -0.05) is 83.1 Å². The van der Waals surface area contributed by atoms with Crippen molar-refractivity contribution in [1.29, 1.82) is 0 Å². The van der Waals surface area contributed by atoms with Gasteiger partial charge in [-0.2, -0.15) is 0 Å². The molecule has 0 radical (unpaired) electrons. The Kier molecular flexibility index (Phi) is 15.7. The van der Waals surface area contributed by atoms with Crippen LogP contribution in [0.3, 0.4) is 0 Å². The van der Waals surface area contributed by atoms with E-state index < -0.39 is 7.60 Å². The molecule has 0 aliphatic carbocycles. The molecule has 0 saturated heterocycles. The average Bonchev–Trinajstić information content (AvgIpc) is 2.45. The third-order valence-corrected chi connectivity index (χ3v) is 5.01. The molecule has 0 aliphatic rings. The molecule has 0 saturated carbocycles. The van der Waals surface area contributed by atoms with Crippen LogP contribution in [-0.4, -0.2) is 15.9 Å². The lowest BCUT2D eigenvalue weighted by Gasteiger charge is -2.04. The van der Waals surface area contributed by atoms with Crippen molar-refractivity contribution in [3.63, 3.8) is 0 Å². The van der Waals surface area contributed by atoms with Crippen LogP contribution in [0.2, 0.25) is 0 Å². The molecule has 0 heterocycles. The van der Waals surface area contributed by atoms with Crippen molar-refractivity contribution in [2.24, 2.45) is 0 Å². The van der Waals surface area contributed by atoms with Crippen LogP contribution >= 0.6 is 7.60 Å². The maximum atomic E-state index is 10.7. The van der Waals surface area contributed by atoms with Crippen molar-refractivity contribution in [3.05, 3.63) is 12.7 Å². The monoisotopic (exact) mass is 332 g/mol. The van der Waals surface area contributed by atoms with Crippen molar-refractivity contribution in [2.45, 2.75) is 96.3 Å². The second-order valence-corrected chi connectivity index (χ2v) is 8.19. The van der Waals surface area contributed by atoms with E-state index in [1.807, 2.05) is 6.08 Å². The van der Waals surface area contributed by atoms with E-state index in [9.17, 15) is 4.57 Å². The number of rotatable bonds is 17. The minimum atomic E-state index is -3.76. The zero-order valence-corrected chi connectivity index (χ0v) is 15.2. The Bertz CT molecular complexity index is 286. The van der Waals surface area contributed by atoms with Gasteiger partial charge in [0.1, 0.15) is 0 Å². The molecule has 0 spiro atoms. The Labute approximate surface area is 137 Å². The van der Waals surface area contributed by atoms with Crippen LogP contribution < -0.4 is 0 Å². The minimum Gasteiger partial charge on any atom is -0.324 e. The van der Waals surface area contributed by atoms with Crippen molar-refractivity contribution in [1.82, 2.24) is 0 Å². The van der Waals surface area contributed by atoms with E-state index in [4.69, 9.17) is 9.79 Å². The summed E-state index contributed by atoms with van der Waals surface area (Å²) in [4.78, 5) is 17.5. The summed E-state index contributed by atoms with van der Waals surface area (Å²) in [6, 6.07) is 0. The van der Waals surface area contributed by atoms with Crippen molar-refractivity contribution in [3.8, 4) is 0 Å². The molecule has 22 heavy (non-hydrogen) atoms. The SMILES string of the molecule is C=CCCCCCCCCCCCCCCCCP(=O)(O)O. The Hall–Kier alpha value is -0.110. The third-order valence-electron chi connectivity index (χ3n) is 4.11. The predicted molar refractivity (Wildman–Crippen MR) is 96.4 cm³/mol. The fraction of sp³-hybridized carbons (Fsp3) is 0.889. The van der Waals surface area contributed by atoms with Crippen LogP contribution in [0.25, 0.3) is 0 Å². The van der Waals surface area contributed by atoms with Crippen LogP contribution in [0, 0.1) is 0 Å². The summed E-state index contributed by atoms with van der Waals surface area (Å²) < 4.78 is 10.7. The predicted octanol–water partition coefficient (Wildman–Crippen LogP) is 6.20. The number of hydrogen-bond donors (Lipinski definition) is 2. The van der Waals surface area contributed by atoms with E-state index >= 15 is 0 Å². The number of allylic oxidation sites excluding steroid dienone is 1. The second kappa shape index (κ2) is 15.8. The van der Waals surface area contributed by atoms with E-state index in [0.717, 1.165) is 12.8 Å². The minimum absolute atomic E-state index is 0.0561. The van der Waals surface area contributed by atoms with Crippen LogP contribution in [0.5, 0.6) is 0 Å². The van der Waals surface area contributed by atoms with Gasteiger partial charge in [0.2, 0.25) is 0 Å². The molecule has 3 nitrogen and oxygen atoms in total. The van der Waals surface area contributed by atoms with Gasteiger partial charge in [-0.25, -0.2) is 0 Å². The zero-order chi connectivity index (χ0) is 16.5. The van der Waals surface area contributed by atoms with Crippen molar-refractivity contribution in [2.75, 3.05) is 6.16 Å². The first-order valence-corrected chi connectivity index (χ1v) is 11.0. The Morgan fingerprint density at radius 3 is 1.27 bits per heavy atom. The second-order valence-electron chi connectivity index (χ2n) is 6.42. The number of hydrogen-bond acceptors (Lipinski definition) is 1. The Balaban J connectivity index is 3.03. The maximum absolute atomic E-state index is 10.7. The van der Waals surface area contributed by atoms with Gasteiger partial charge in [0.05, 0.1) is 0 Å². The molecule has 0 bridgehead atoms. The van der Waals surface area contributed by atoms with Gasteiger partial charge in [-0.3, -0.25) is 4.57 Å². The third kappa shape index (κ3) is 19.9. The van der Waals surface area contributed by atoms with E-state index in [2.05, 4.69) is 6.58 Å². The molecule has 0 unspecified atom stereocenters. The molecule has 132 valence electrons. The molecule has 2 N–H and O–H groups in total. The summed E-state index contributed by atoms with van der Waals surface area (Å²) in [5, 5.41) is 0. The highest BCUT2D eigenvalue weighted by molar-refractivity contribution is 7.51. The number of unbranched alkanes of at least 4 members (excludes halogenated alkanes) is 14. The van der Waals surface area contributed by atoms with Crippen LogP contribution in [0.15, 0.2) is 12.7 Å². The van der Waals surface area contributed by atoms with E-state index in [1.54, 1.807) is 0 Å². The first-order chi connectivity index (χ1) is 10.6. The fourth-order valence-electron chi connectivity index (χ4n) is 2.73. The quantitative estimate of drug-likeness (QED) is 0.189. The summed E-state index contributed by atoms with van der Waals surface area (Å²) in [5.41, 5.74) is 0. The average molecular weight is 332 g/mol. The van der Waals surface area contributed by atoms with Gasteiger partial charge in [0.15, 0.2) is 0 Å². The van der Waals surface area contributed by atoms with Crippen molar-refractivity contribution < 1.29 is 14.4 Å². The zero-order valence-electron chi connectivity index (χ0n) is 14.3. The van der Waals surface area contributed by atoms with Crippen molar-refractivity contribution >= 4 is 7.60 Å². The Morgan fingerprint density at radius 1 is 0.636 bits per heavy atom. The van der Waals surface area contributed by atoms with Gasteiger partial charge in [-0.15, -0.1) is 6.58 Å². The first kappa shape index (κ1) is 21.9. The highest BCUT2D eigenvalue weighted by Gasteiger charge is 2.10. The van der Waals surface area contributed by atoms with Gasteiger partial charge < -0.3 is 9.79 Å². The standard InChI is InChI=1S/C18H37O3P/c1-2-3-4-5-6-7-8-9-10-11-12-13-14-15-16-17-18-22(19,20)21/h2H,1,3-18H2,(H2,19,20,21). The lowest BCUT2D eigenvalue weighted by molar-refractivity contribution is 0.370. The van der Waals surface area contributed by atoms with E-state index in [-0.39, 0.29) is 6.16 Å². The lowest BCUT2D eigenvalue weighted by atomic mass is 10.0. The molecule has 0 fully saturated rings. The van der Waals surface area contributed by atoms with Gasteiger partial charge in [-0.05, 0) is 19.3 Å². The van der Waals surface area contributed by atoms with E-state index in [0.29, 0.717) is 6.42 Å². The molecule has 0 atom stereocenters. The van der Waals surface area contributed by atoms with Crippen LogP contribution in [0.1, 0.15) is 96.3 Å². The summed E-state index contributed by atoms with van der Waals surface area (Å²) >= 11 is 0. The van der Waals surface area contributed by atoms with Gasteiger partial charge in [0.25, 0.3) is 0 Å². The fourth-order valence-corrected chi connectivity index (χ4v) is 3.36. The molecule has 0 rings (SSSR count). The molecule has 0 aromatic rings. The molecular weight excluding hydrogens is 295 g/mol. The Morgan fingerprint density at radius 2 is 0.955 bits per heavy atom. The summed E-state index contributed by atoms with van der Waals surface area (Å²) in [6.07, 6.45) is 20.7. The molecule has 0 aromatic heterocycles. The smallest absolute Gasteiger partial charge is 0.324 e. The summed E-state index contributed by atoms with van der Waals surface area (Å²) in [5.74, 6) is 0. The van der Waals surface area contributed by atoms with Gasteiger partial charge in [0, 0.05) is 6.16 Å². The lowest BCUT2D eigenvalue weighted by Crippen LogP contribution is -1.88. The highest BCUT2D eigenvalue weighted by atomic mass is 31.2. The van der Waals surface area contributed by atoms with E-state index in [1.165, 1.54) is 77.0 Å².